The smallest absolute Gasteiger partial charge is 0.139 e. The Morgan fingerprint density at radius 1 is 1.45 bits per heavy atom. The van der Waals surface area contributed by atoms with Gasteiger partial charge in [-0.3, -0.25) is 0 Å². The minimum Gasteiger partial charge on any atom is -0.397 e. The average Bonchev–Trinajstić information content (AvgIpc) is 2.45. The van der Waals surface area contributed by atoms with E-state index in [-0.39, 0.29) is 17.5 Å². The Hall–Kier alpha value is -0.810. The topological polar surface area (TPSA) is 47.3 Å². The average molecular weight is 345 g/mol. The molecule has 0 aromatic heterocycles. The van der Waals surface area contributed by atoms with Crippen LogP contribution in [-0.2, 0) is 4.74 Å². The summed E-state index contributed by atoms with van der Waals surface area (Å²) < 4.78 is 20.0. The zero-order chi connectivity index (χ0) is 14.8. The van der Waals surface area contributed by atoms with Crippen LogP contribution >= 0.6 is 15.9 Å². The van der Waals surface area contributed by atoms with E-state index in [9.17, 15) is 4.39 Å². The Labute approximate surface area is 128 Å². The van der Waals surface area contributed by atoms with Gasteiger partial charge in [0.2, 0.25) is 0 Å². The highest BCUT2D eigenvalue weighted by molar-refractivity contribution is 9.10. The number of hydrogen-bond donors (Lipinski definition) is 2. The molecule has 1 aromatic carbocycles. The Bertz CT molecular complexity index is 477. The van der Waals surface area contributed by atoms with Crippen molar-refractivity contribution in [2.75, 3.05) is 17.7 Å². The lowest BCUT2D eigenvalue weighted by molar-refractivity contribution is -0.0864. The highest BCUT2D eigenvalue weighted by atomic mass is 79.9. The summed E-state index contributed by atoms with van der Waals surface area (Å²) in [5, 5.41) is 3.37. The van der Waals surface area contributed by atoms with Gasteiger partial charge in [-0.25, -0.2) is 4.39 Å². The molecule has 0 bridgehead atoms. The molecule has 0 spiro atoms. The van der Waals surface area contributed by atoms with E-state index in [1.807, 2.05) is 0 Å². The number of benzene rings is 1. The monoisotopic (exact) mass is 344 g/mol. The van der Waals surface area contributed by atoms with Gasteiger partial charge in [-0.05, 0) is 47.7 Å². The highest BCUT2D eigenvalue weighted by Gasteiger charge is 2.34. The summed E-state index contributed by atoms with van der Waals surface area (Å²) in [5.41, 5.74) is 7.12. The van der Waals surface area contributed by atoms with Gasteiger partial charge < -0.3 is 15.8 Å². The summed E-state index contributed by atoms with van der Waals surface area (Å²) in [4.78, 5) is 0. The molecule has 1 unspecified atom stereocenters. The molecule has 112 valence electrons. The largest absolute Gasteiger partial charge is 0.397 e. The quantitative estimate of drug-likeness (QED) is 0.799. The lowest BCUT2D eigenvalue weighted by atomic mass is 9.86. The SMILES string of the molecule is CCC1(CC)CC(Nc2cc(F)c(Br)cc2N)CCO1. The molecule has 0 radical (unpaired) electrons. The molecule has 1 saturated heterocycles. The number of nitrogens with one attached hydrogen (secondary N) is 1. The number of nitrogen functional groups attached to an aromatic ring is 1. The molecule has 1 aliphatic rings. The second-order valence-electron chi connectivity index (χ2n) is 5.43. The Morgan fingerprint density at radius 2 is 2.15 bits per heavy atom. The van der Waals surface area contributed by atoms with Gasteiger partial charge >= 0.3 is 0 Å². The van der Waals surface area contributed by atoms with Crippen molar-refractivity contribution in [3.05, 3.63) is 22.4 Å². The molecule has 1 heterocycles. The van der Waals surface area contributed by atoms with Crippen LogP contribution in [0.5, 0.6) is 0 Å². The highest BCUT2D eigenvalue weighted by Crippen LogP contribution is 2.34. The van der Waals surface area contributed by atoms with Crippen molar-refractivity contribution in [2.24, 2.45) is 0 Å². The van der Waals surface area contributed by atoms with E-state index in [2.05, 4.69) is 35.1 Å². The van der Waals surface area contributed by atoms with Crippen molar-refractivity contribution in [2.45, 2.75) is 51.2 Å². The summed E-state index contributed by atoms with van der Waals surface area (Å²) in [6, 6.07) is 3.32. The Balaban J connectivity index is 2.12. The van der Waals surface area contributed by atoms with Crippen LogP contribution in [0, 0.1) is 5.82 Å². The van der Waals surface area contributed by atoms with E-state index in [4.69, 9.17) is 10.5 Å². The van der Waals surface area contributed by atoms with Gasteiger partial charge in [-0.15, -0.1) is 0 Å². The summed E-state index contributed by atoms with van der Waals surface area (Å²) in [6.45, 7) is 5.04. The molecule has 3 N–H and O–H groups in total. The predicted octanol–water partition coefficient (Wildman–Crippen LogP) is 4.32. The maximum Gasteiger partial charge on any atom is 0.139 e. The first-order valence-electron chi connectivity index (χ1n) is 7.14. The van der Waals surface area contributed by atoms with Gasteiger partial charge in [0.05, 0.1) is 21.4 Å². The van der Waals surface area contributed by atoms with Crippen molar-refractivity contribution in [3.63, 3.8) is 0 Å². The molecule has 0 aliphatic carbocycles. The first-order chi connectivity index (χ1) is 9.49. The number of rotatable bonds is 4. The van der Waals surface area contributed by atoms with Crippen LogP contribution in [0.2, 0.25) is 0 Å². The number of nitrogens with two attached hydrogens (primary N) is 1. The van der Waals surface area contributed by atoms with Crippen molar-refractivity contribution < 1.29 is 9.13 Å². The van der Waals surface area contributed by atoms with Crippen molar-refractivity contribution >= 4 is 27.3 Å². The van der Waals surface area contributed by atoms with Crippen LogP contribution in [0.3, 0.4) is 0 Å². The molecular formula is C15H22BrFN2O. The lowest BCUT2D eigenvalue weighted by Crippen LogP contribution is -2.43. The van der Waals surface area contributed by atoms with E-state index < -0.39 is 0 Å². The zero-order valence-electron chi connectivity index (χ0n) is 12.0. The van der Waals surface area contributed by atoms with Crippen molar-refractivity contribution in [1.82, 2.24) is 0 Å². The molecule has 1 aromatic rings. The van der Waals surface area contributed by atoms with E-state index in [0.29, 0.717) is 15.8 Å². The number of halogens is 2. The van der Waals surface area contributed by atoms with E-state index in [0.717, 1.165) is 32.3 Å². The maximum absolute atomic E-state index is 13.6. The van der Waals surface area contributed by atoms with Crippen molar-refractivity contribution in [3.8, 4) is 0 Å². The van der Waals surface area contributed by atoms with Gasteiger partial charge in [-0.2, -0.15) is 0 Å². The molecule has 3 nitrogen and oxygen atoms in total. The zero-order valence-corrected chi connectivity index (χ0v) is 13.6. The number of anilines is 2. The van der Waals surface area contributed by atoms with E-state index >= 15 is 0 Å². The maximum atomic E-state index is 13.6. The first-order valence-corrected chi connectivity index (χ1v) is 7.94. The van der Waals surface area contributed by atoms with Crippen LogP contribution in [0.4, 0.5) is 15.8 Å². The molecule has 5 heteroatoms. The molecule has 2 rings (SSSR count). The molecule has 1 aliphatic heterocycles. The van der Waals surface area contributed by atoms with Crippen LogP contribution in [0.1, 0.15) is 39.5 Å². The van der Waals surface area contributed by atoms with Crippen LogP contribution < -0.4 is 11.1 Å². The second-order valence-corrected chi connectivity index (χ2v) is 6.28. The molecule has 20 heavy (non-hydrogen) atoms. The standard InChI is InChI=1S/C15H22BrFN2O/c1-3-15(4-2)9-10(5-6-20-15)19-14-8-12(17)11(16)7-13(14)18/h7-8,10,19H,3-6,9,18H2,1-2H3. The van der Waals surface area contributed by atoms with Crippen LogP contribution in [-0.4, -0.2) is 18.2 Å². The van der Waals surface area contributed by atoms with Gasteiger partial charge in [0, 0.05) is 18.7 Å². The third kappa shape index (κ3) is 3.26. The molecule has 1 fully saturated rings. The summed E-state index contributed by atoms with van der Waals surface area (Å²) >= 11 is 3.14. The predicted molar refractivity (Wildman–Crippen MR) is 84.4 cm³/mol. The minimum atomic E-state index is -0.300. The van der Waals surface area contributed by atoms with Gasteiger partial charge in [0.25, 0.3) is 0 Å². The number of ether oxygens (including phenoxy) is 1. The van der Waals surface area contributed by atoms with Gasteiger partial charge in [0.15, 0.2) is 0 Å². The molecule has 0 amide bonds. The minimum absolute atomic E-state index is 0.0570. The Morgan fingerprint density at radius 3 is 2.80 bits per heavy atom. The summed E-state index contributed by atoms with van der Waals surface area (Å²) in [5.74, 6) is -0.300. The molecule has 0 saturated carbocycles. The van der Waals surface area contributed by atoms with E-state index in [1.165, 1.54) is 6.07 Å². The van der Waals surface area contributed by atoms with Gasteiger partial charge in [0.1, 0.15) is 5.82 Å². The lowest BCUT2D eigenvalue weighted by Gasteiger charge is -2.40. The van der Waals surface area contributed by atoms with E-state index in [1.54, 1.807) is 6.07 Å². The van der Waals surface area contributed by atoms with Gasteiger partial charge in [-0.1, -0.05) is 13.8 Å². The third-order valence-electron chi connectivity index (χ3n) is 4.23. The fourth-order valence-electron chi connectivity index (χ4n) is 2.80. The van der Waals surface area contributed by atoms with Crippen LogP contribution in [0.25, 0.3) is 0 Å². The van der Waals surface area contributed by atoms with Crippen LogP contribution in [0.15, 0.2) is 16.6 Å². The second kappa shape index (κ2) is 6.31. The Kier molecular flexibility index (Phi) is 4.91. The molecule has 1 atom stereocenters. The molecular weight excluding hydrogens is 323 g/mol. The summed E-state index contributed by atoms with van der Waals surface area (Å²) in [7, 11) is 0. The fraction of sp³-hybridized carbons (Fsp3) is 0.600. The van der Waals surface area contributed by atoms with Crippen molar-refractivity contribution in [1.29, 1.82) is 0 Å². The fourth-order valence-corrected chi connectivity index (χ4v) is 3.16. The summed E-state index contributed by atoms with van der Waals surface area (Å²) in [6.07, 6.45) is 3.83. The third-order valence-corrected chi connectivity index (χ3v) is 4.84. The number of hydrogen-bond acceptors (Lipinski definition) is 3. The normalized spacial score (nSPS) is 21.7. The first kappa shape index (κ1) is 15.6.